The van der Waals surface area contributed by atoms with Crippen molar-refractivity contribution in [1.82, 2.24) is 19.9 Å². The molecule has 0 saturated carbocycles. The molecule has 0 aliphatic heterocycles. The van der Waals surface area contributed by atoms with Crippen molar-refractivity contribution in [3.05, 3.63) is 65.9 Å². The molecule has 0 saturated heterocycles. The highest BCUT2D eigenvalue weighted by molar-refractivity contribution is 6.04. The first-order valence-electron chi connectivity index (χ1n) is 8.04. The van der Waals surface area contributed by atoms with Gasteiger partial charge in [-0.2, -0.15) is 0 Å². The Kier molecular flexibility index (Phi) is 4.79. The Labute approximate surface area is 151 Å². The maximum atomic E-state index is 12.4. The highest BCUT2D eigenvalue weighted by Crippen LogP contribution is 2.22. The van der Waals surface area contributed by atoms with Gasteiger partial charge in [0.25, 0.3) is 11.8 Å². The maximum Gasteiger partial charge on any atom is 0.256 e. The van der Waals surface area contributed by atoms with Crippen LogP contribution in [0.3, 0.4) is 0 Å². The molecule has 2 aromatic carbocycles. The summed E-state index contributed by atoms with van der Waals surface area (Å²) in [6.07, 6.45) is 1.62. The van der Waals surface area contributed by atoms with Crippen LogP contribution in [-0.2, 0) is 7.05 Å². The van der Waals surface area contributed by atoms with Gasteiger partial charge in [-0.1, -0.05) is 29.5 Å². The SMILES string of the molecule is CN(C)C(=O)c1cccc(-c2cccc(C(=O)Nc3cn(C)nn3)c2)c1. The molecule has 0 aliphatic carbocycles. The van der Waals surface area contributed by atoms with Crippen molar-refractivity contribution in [1.29, 1.82) is 0 Å². The van der Waals surface area contributed by atoms with Gasteiger partial charge >= 0.3 is 0 Å². The molecule has 0 aliphatic rings. The van der Waals surface area contributed by atoms with Crippen LogP contribution in [0.25, 0.3) is 11.1 Å². The maximum absolute atomic E-state index is 12.4. The van der Waals surface area contributed by atoms with Crippen LogP contribution >= 0.6 is 0 Å². The quantitative estimate of drug-likeness (QED) is 0.784. The highest BCUT2D eigenvalue weighted by atomic mass is 16.2. The van der Waals surface area contributed by atoms with Crippen LogP contribution in [0.2, 0.25) is 0 Å². The van der Waals surface area contributed by atoms with E-state index in [1.165, 1.54) is 9.58 Å². The lowest BCUT2D eigenvalue weighted by Crippen LogP contribution is -2.21. The molecule has 3 aromatic rings. The molecule has 0 atom stereocenters. The fourth-order valence-electron chi connectivity index (χ4n) is 2.52. The van der Waals surface area contributed by atoms with Crippen molar-refractivity contribution >= 4 is 17.6 Å². The first kappa shape index (κ1) is 17.3. The molecule has 26 heavy (non-hydrogen) atoms. The van der Waals surface area contributed by atoms with Crippen LogP contribution in [-0.4, -0.2) is 45.8 Å². The van der Waals surface area contributed by atoms with Crippen molar-refractivity contribution in [3.63, 3.8) is 0 Å². The molecule has 0 fully saturated rings. The van der Waals surface area contributed by atoms with Gasteiger partial charge < -0.3 is 10.2 Å². The lowest BCUT2D eigenvalue weighted by Gasteiger charge is -2.11. The Bertz CT molecular complexity index is 962. The summed E-state index contributed by atoms with van der Waals surface area (Å²) in [5, 5.41) is 10.3. The van der Waals surface area contributed by atoms with Gasteiger partial charge in [0.2, 0.25) is 0 Å². The average Bonchev–Trinajstić information content (AvgIpc) is 3.06. The summed E-state index contributed by atoms with van der Waals surface area (Å²) >= 11 is 0. The van der Waals surface area contributed by atoms with E-state index < -0.39 is 0 Å². The third kappa shape index (κ3) is 3.77. The van der Waals surface area contributed by atoms with Crippen LogP contribution in [0.1, 0.15) is 20.7 Å². The normalized spacial score (nSPS) is 10.4. The van der Waals surface area contributed by atoms with Crippen molar-refractivity contribution in [2.24, 2.45) is 7.05 Å². The summed E-state index contributed by atoms with van der Waals surface area (Å²) in [7, 11) is 5.16. The van der Waals surface area contributed by atoms with E-state index in [-0.39, 0.29) is 11.8 Å². The smallest absolute Gasteiger partial charge is 0.256 e. The van der Waals surface area contributed by atoms with E-state index in [9.17, 15) is 9.59 Å². The Morgan fingerprint density at radius 1 is 1.00 bits per heavy atom. The number of amides is 2. The number of hydrogen-bond acceptors (Lipinski definition) is 4. The van der Waals surface area contributed by atoms with Gasteiger partial charge in [0, 0.05) is 32.3 Å². The van der Waals surface area contributed by atoms with Crippen LogP contribution in [0.15, 0.2) is 54.7 Å². The number of nitrogens with zero attached hydrogens (tertiary/aromatic N) is 4. The molecule has 1 N–H and O–H groups in total. The van der Waals surface area contributed by atoms with Crippen molar-refractivity contribution in [3.8, 4) is 11.1 Å². The molecule has 0 unspecified atom stereocenters. The number of anilines is 1. The van der Waals surface area contributed by atoms with Gasteiger partial charge in [0.15, 0.2) is 5.82 Å². The minimum Gasteiger partial charge on any atom is -0.345 e. The third-order valence-electron chi connectivity index (χ3n) is 3.82. The van der Waals surface area contributed by atoms with Crippen molar-refractivity contribution in [2.75, 3.05) is 19.4 Å². The summed E-state index contributed by atoms with van der Waals surface area (Å²) in [6, 6.07) is 14.6. The fraction of sp³-hybridized carbons (Fsp3) is 0.158. The number of nitrogens with one attached hydrogen (secondary N) is 1. The van der Waals surface area contributed by atoms with Crippen molar-refractivity contribution in [2.45, 2.75) is 0 Å². The predicted molar refractivity (Wildman–Crippen MR) is 98.9 cm³/mol. The Hall–Kier alpha value is -3.48. The minimum absolute atomic E-state index is 0.0663. The van der Waals surface area contributed by atoms with Crippen LogP contribution < -0.4 is 5.32 Å². The van der Waals surface area contributed by atoms with E-state index in [4.69, 9.17) is 0 Å². The lowest BCUT2D eigenvalue weighted by atomic mass is 10.0. The highest BCUT2D eigenvalue weighted by Gasteiger charge is 2.12. The molecule has 132 valence electrons. The summed E-state index contributed by atoms with van der Waals surface area (Å²) in [6.45, 7) is 0. The van der Waals surface area contributed by atoms with Gasteiger partial charge in [-0.05, 0) is 35.4 Å². The van der Waals surface area contributed by atoms with E-state index in [1.807, 2.05) is 24.3 Å². The number of carbonyl (C=O) groups is 2. The molecular weight excluding hydrogens is 330 g/mol. The minimum atomic E-state index is -0.270. The molecule has 0 radical (unpaired) electrons. The molecule has 1 aromatic heterocycles. The summed E-state index contributed by atoms with van der Waals surface area (Å²) in [5.41, 5.74) is 2.82. The number of carbonyl (C=O) groups excluding carboxylic acids is 2. The molecule has 2 amide bonds. The Morgan fingerprint density at radius 3 is 2.19 bits per heavy atom. The van der Waals surface area contributed by atoms with E-state index in [1.54, 1.807) is 51.6 Å². The summed E-state index contributed by atoms with van der Waals surface area (Å²) < 4.78 is 1.51. The van der Waals surface area contributed by atoms with Crippen LogP contribution in [0.4, 0.5) is 5.82 Å². The lowest BCUT2D eigenvalue weighted by molar-refractivity contribution is 0.0827. The fourth-order valence-corrected chi connectivity index (χ4v) is 2.52. The first-order valence-corrected chi connectivity index (χ1v) is 8.04. The monoisotopic (exact) mass is 349 g/mol. The number of aromatic nitrogens is 3. The zero-order chi connectivity index (χ0) is 18.7. The largest absolute Gasteiger partial charge is 0.345 e. The molecule has 7 nitrogen and oxygen atoms in total. The molecular formula is C19H19N5O2. The van der Waals surface area contributed by atoms with Crippen LogP contribution in [0, 0.1) is 0 Å². The number of aryl methyl sites for hydroxylation is 1. The topological polar surface area (TPSA) is 80.1 Å². The Balaban J connectivity index is 1.86. The summed E-state index contributed by atoms with van der Waals surface area (Å²) in [4.78, 5) is 26.1. The second-order valence-corrected chi connectivity index (χ2v) is 6.09. The van der Waals surface area contributed by atoms with Gasteiger partial charge in [-0.25, -0.2) is 0 Å². The average molecular weight is 349 g/mol. The standard InChI is InChI=1S/C19H19N5O2/c1-23(2)19(26)16-9-5-7-14(11-16)13-6-4-8-15(10-13)18(25)20-17-12-24(3)22-21-17/h4-12H,1-3H3,(H,20,25). The van der Waals surface area contributed by atoms with E-state index >= 15 is 0 Å². The number of hydrogen-bond donors (Lipinski definition) is 1. The second kappa shape index (κ2) is 7.18. The van der Waals surface area contributed by atoms with Crippen LogP contribution in [0.5, 0.6) is 0 Å². The number of rotatable bonds is 4. The Morgan fingerprint density at radius 2 is 1.62 bits per heavy atom. The zero-order valence-electron chi connectivity index (χ0n) is 14.8. The molecule has 3 rings (SSSR count). The first-order chi connectivity index (χ1) is 12.4. The van der Waals surface area contributed by atoms with E-state index in [2.05, 4.69) is 15.6 Å². The van der Waals surface area contributed by atoms with E-state index in [0.717, 1.165) is 11.1 Å². The predicted octanol–water partition coefficient (Wildman–Crippen LogP) is 2.44. The molecule has 0 spiro atoms. The van der Waals surface area contributed by atoms with Gasteiger partial charge in [0.05, 0.1) is 6.20 Å². The summed E-state index contributed by atoms with van der Waals surface area (Å²) in [5.74, 6) is 0.0535. The molecule has 7 heteroatoms. The second-order valence-electron chi connectivity index (χ2n) is 6.09. The zero-order valence-corrected chi connectivity index (χ0v) is 14.8. The van der Waals surface area contributed by atoms with Crippen molar-refractivity contribution < 1.29 is 9.59 Å². The molecule has 0 bridgehead atoms. The van der Waals surface area contributed by atoms with E-state index in [0.29, 0.717) is 16.9 Å². The van der Waals surface area contributed by atoms with Gasteiger partial charge in [-0.15, -0.1) is 5.10 Å². The van der Waals surface area contributed by atoms with Gasteiger partial charge in [0.1, 0.15) is 0 Å². The third-order valence-corrected chi connectivity index (χ3v) is 3.82. The molecule has 1 heterocycles. The number of benzene rings is 2. The van der Waals surface area contributed by atoms with Gasteiger partial charge in [-0.3, -0.25) is 14.3 Å².